The Balaban J connectivity index is 5.78. The van der Waals surface area contributed by atoms with Crippen LogP contribution in [0.25, 0.3) is 0 Å². The van der Waals surface area contributed by atoms with Crippen LogP contribution in [0, 0.1) is 11.8 Å². The van der Waals surface area contributed by atoms with Crippen molar-refractivity contribution in [3.05, 3.63) is 12.7 Å². The fourth-order valence-corrected chi connectivity index (χ4v) is 4.61. The summed E-state index contributed by atoms with van der Waals surface area (Å²) in [5.41, 5.74) is 0. The van der Waals surface area contributed by atoms with E-state index in [-0.39, 0.29) is 22.3 Å². The molecule has 0 N–H and O–H groups in total. The molecule has 0 spiro atoms. The number of hydrogen-bond donors (Lipinski definition) is 0. The average molecular weight is 411 g/mol. The monoisotopic (exact) mass is 410 g/mol. The van der Waals surface area contributed by atoms with Crippen molar-refractivity contribution in [1.29, 1.82) is 0 Å². The van der Waals surface area contributed by atoms with E-state index in [1.807, 2.05) is 6.08 Å². The minimum absolute atomic E-state index is 0.0494. The summed E-state index contributed by atoms with van der Waals surface area (Å²) in [4.78, 5) is 0. The summed E-state index contributed by atoms with van der Waals surface area (Å²) < 4.78 is 13.6. The molecule has 2 atom stereocenters. The molecular formula is C23H46O2Si2. The van der Waals surface area contributed by atoms with Crippen molar-refractivity contribution in [2.45, 2.75) is 123 Å². The van der Waals surface area contributed by atoms with E-state index < -0.39 is 16.6 Å². The molecule has 0 radical (unpaired) electrons. The van der Waals surface area contributed by atoms with Crippen molar-refractivity contribution in [2.24, 2.45) is 0 Å². The minimum atomic E-state index is -1.95. The minimum Gasteiger partial charge on any atom is -0.410 e. The molecule has 0 unspecified atom stereocenters. The molecule has 0 amide bonds. The van der Waals surface area contributed by atoms with Gasteiger partial charge in [-0.3, -0.25) is 0 Å². The van der Waals surface area contributed by atoms with Gasteiger partial charge in [0.25, 0.3) is 0 Å². The highest BCUT2D eigenvalue weighted by atomic mass is 28.4. The van der Waals surface area contributed by atoms with Gasteiger partial charge in [-0.05, 0) is 49.1 Å². The first-order valence-electron chi connectivity index (χ1n) is 10.5. The van der Waals surface area contributed by atoms with Crippen LogP contribution in [0.15, 0.2) is 12.7 Å². The fourth-order valence-electron chi connectivity index (χ4n) is 2.08. The third-order valence-electron chi connectivity index (χ3n) is 6.12. The Morgan fingerprint density at radius 1 is 0.926 bits per heavy atom. The Morgan fingerprint density at radius 2 is 1.41 bits per heavy atom. The molecule has 0 aliphatic heterocycles. The fraction of sp³-hybridized carbons (Fsp3) is 0.826. The lowest BCUT2D eigenvalue weighted by atomic mass is 10.1. The molecule has 0 aliphatic carbocycles. The van der Waals surface area contributed by atoms with Crippen molar-refractivity contribution in [3.8, 4) is 11.8 Å². The SMILES string of the molecule is C=CC[C@H](O[Si](C)(C)C(C)(C)C)[C@H](C#CCCCC)O[Si](C)(C)C(C)(C)C. The zero-order valence-corrected chi connectivity index (χ0v) is 22.1. The Kier molecular flexibility index (Phi) is 10.3. The summed E-state index contributed by atoms with van der Waals surface area (Å²) in [5.74, 6) is 6.83. The van der Waals surface area contributed by atoms with Crippen molar-refractivity contribution in [1.82, 2.24) is 0 Å². The lowest BCUT2D eigenvalue weighted by Gasteiger charge is -2.43. The Morgan fingerprint density at radius 3 is 1.81 bits per heavy atom. The molecule has 0 aromatic carbocycles. The van der Waals surface area contributed by atoms with Crippen molar-refractivity contribution in [3.63, 3.8) is 0 Å². The van der Waals surface area contributed by atoms with Crippen LogP contribution in [0.5, 0.6) is 0 Å². The molecule has 0 aromatic heterocycles. The predicted molar refractivity (Wildman–Crippen MR) is 126 cm³/mol. The third-order valence-corrected chi connectivity index (χ3v) is 15.1. The van der Waals surface area contributed by atoms with Gasteiger partial charge < -0.3 is 8.85 Å². The molecule has 27 heavy (non-hydrogen) atoms. The first-order chi connectivity index (χ1) is 12.1. The standard InChI is InChI=1S/C23H46O2Si2/c1-13-15-16-17-19-21(25-27(11,12)23(6,7)8)20(18-14-2)24-26(9,10)22(3,4)5/h14,20-21H,2,13,15-16,18H2,1,3-12H3/t20-,21-/m0/s1. The lowest BCUT2D eigenvalue weighted by Crippen LogP contribution is -2.51. The molecule has 0 bridgehead atoms. The van der Waals surface area contributed by atoms with Crippen LogP contribution in [0.4, 0.5) is 0 Å². The summed E-state index contributed by atoms with van der Waals surface area (Å²) in [6.07, 6.45) is 5.71. The zero-order chi connectivity index (χ0) is 21.5. The second-order valence-corrected chi connectivity index (χ2v) is 20.2. The van der Waals surface area contributed by atoms with Gasteiger partial charge in [0.1, 0.15) is 6.10 Å². The molecule has 0 aromatic rings. The van der Waals surface area contributed by atoms with Gasteiger partial charge in [-0.15, -0.1) is 12.5 Å². The number of rotatable bonds is 9. The van der Waals surface area contributed by atoms with E-state index in [4.69, 9.17) is 8.85 Å². The van der Waals surface area contributed by atoms with Crippen LogP contribution in [-0.2, 0) is 8.85 Å². The molecular weight excluding hydrogens is 364 g/mol. The van der Waals surface area contributed by atoms with E-state index >= 15 is 0 Å². The second-order valence-electron chi connectivity index (χ2n) is 10.7. The van der Waals surface area contributed by atoms with Crippen LogP contribution in [0.2, 0.25) is 36.3 Å². The molecule has 0 rings (SSSR count). The third kappa shape index (κ3) is 8.68. The van der Waals surface area contributed by atoms with Crippen LogP contribution >= 0.6 is 0 Å². The maximum Gasteiger partial charge on any atom is 0.193 e. The summed E-state index contributed by atoms with van der Waals surface area (Å²) >= 11 is 0. The molecule has 0 saturated heterocycles. The van der Waals surface area contributed by atoms with Gasteiger partial charge in [0.2, 0.25) is 0 Å². The number of hydrogen-bond acceptors (Lipinski definition) is 2. The van der Waals surface area contributed by atoms with Crippen molar-refractivity contribution < 1.29 is 8.85 Å². The summed E-state index contributed by atoms with van der Waals surface area (Å²) in [6, 6.07) is 0. The quantitative estimate of drug-likeness (QED) is 0.169. The Labute approximate surface area is 172 Å². The smallest absolute Gasteiger partial charge is 0.193 e. The molecule has 2 nitrogen and oxygen atoms in total. The van der Waals surface area contributed by atoms with Crippen LogP contribution in [0.1, 0.15) is 74.1 Å². The van der Waals surface area contributed by atoms with Crippen LogP contribution < -0.4 is 0 Å². The average Bonchev–Trinajstić information content (AvgIpc) is 2.47. The molecule has 4 heteroatoms. The first kappa shape index (κ1) is 26.7. The van der Waals surface area contributed by atoms with Crippen LogP contribution in [-0.4, -0.2) is 28.8 Å². The van der Waals surface area contributed by atoms with E-state index in [0.29, 0.717) is 0 Å². The topological polar surface area (TPSA) is 18.5 Å². The predicted octanol–water partition coefficient (Wildman–Crippen LogP) is 7.54. The molecule has 0 fully saturated rings. The molecule has 0 heterocycles. The maximum absolute atomic E-state index is 6.78. The number of unbranched alkanes of at least 4 members (excludes halogenated alkanes) is 2. The highest BCUT2D eigenvalue weighted by Crippen LogP contribution is 2.40. The van der Waals surface area contributed by atoms with E-state index in [1.54, 1.807) is 0 Å². The highest BCUT2D eigenvalue weighted by Gasteiger charge is 2.44. The van der Waals surface area contributed by atoms with Gasteiger partial charge in [-0.2, -0.15) is 0 Å². The largest absolute Gasteiger partial charge is 0.410 e. The normalized spacial score (nSPS) is 15.7. The van der Waals surface area contributed by atoms with E-state index in [9.17, 15) is 0 Å². The second kappa shape index (κ2) is 10.4. The van der Waals surface area contributed by atoms with Gasteiger partial charge >= 0.3 is 0 Å². The van der Waals surface area contributed by atoms with Gasteiger partial charge in [0, 0.05) is 6.42 Å². The Bertz CT molecular complexity index is 513. The van der Waals surface area contributed by atoms with Gasteiger partial charge in [0.05, 0.1) is 6.10 Å². The van der Waals surface area contributed by atoms with E-state index in [1.165, 1.54) is 6.42 Å². The molecule has 0 aliphatic rings. The van der Waals surface area contributed by atoms with Crippen molar-refractivity contribution in [2.75, 3.05) is 0 Å². The highest BCUT2D eigenvalue weighted by molar-refractivity contribution is 6.74. The Hall–Kier alpha value is -0.346. The van der Waals surface area contributed by atoms with Crippen LogP contribution in [0.3, 0.4) is 0 Å². The summed E-state index contributed by atoms with van der Waals surface area (Å²) in [5, 5.41) is 0.301. The molecule has 158 valence electrons. The summed E-state index contributed by atoms with van der Waals surface area (Å²) in [6.45, 7) is 29.0. The molecule has 0 saturated carbocycles. The van der Waals surface area contributed by atoms with E-state index in [0.717, 1.165) is 19.3 Å². The van der Waals surface area contributed by atoms with Crippen molar-refractivity contribution >= 4 is 16.6 Å². The zero-order valence-electron chi connectivity index (χ0n) is 20.1. The summed E-state index contributed by atoms with van der Waals surface area (Å²) in [7, 11) is -3.87. The van der Waals surface area contributed by atoms with Gasteiger partial charge in [-0.25, -0.2) is 0 Å². The van der Waals surface area contributed by atoms with E-state index in [2.05, 4.69) is 93.1 Å². The van der Waals surface area contributed by atoms with Gasteiger partial charge in [-0.1, -0.05) is 66.9 Å². The van der Waals surface area contributed by atoms with Gasteiger partial charge in [0.15, 0.2) is 16.6 Å². The maximum atomic E-state index is 6.78. The lowest BCUT2D eigenvalue weighted by molar-refractivity contribution is 0.0708. The first-order valence-corrected chi connectivity index (χ1v) is 16.4.